The van der Waals surface area contributed by atoms with Crippen LogP contribution < -0.4 is 0 Å². The van der Waals surface area contributed by atoms with E-state index in [2.05, 4.69) is 20.8 Å². The molecule has 22 heavy (non-hydrogen) atoms. The van der Waals surface area contributed by atoms with E-state index in [0.717, 1.165) is 24.2 Å². The van der Waals surface area contributed by atoms with Crippen LogP contribution in [0.25, 0.3) is 0 Å². The van der Waals surface area contributed by atoms with Gasteiger partial charge in [-0.2, -0.15) is 0 Å². The Morgan fingerprint density at radius 2 is 2.00 bits per heavy atom. The summed E-state index contributed by atoms with van der Waals surface area (Å²) in [5.74, 6) is 2.85. The summed E-state index contributed by atoms with van der Waals surface area (Å²) < 4.78 is 0. The van der Waals surface area contributed by atoms with Crippen molar-refractivity contribution in [2.24, 2.45) is 34.5 Å². The lowest BCUT2D eigenvalue weighted by Crippen LogP contribution is -2.48. The molecule has 2 nitrogen and oxygen atoms in total. The normalized spacial score (nSPS) is 50.6. The maximum Gasteiger partial charge on any atom is 0.219 e. The lowest BCUT2D eigenvalue weighted by molar-refractivity contribution is -0.114. The van der Waals surface area contributed by atoms with Crippen LogP contribution in [0.5, 0.6) is 0 Å². The summed E-state index contributed by atoms with van der Waals surface area (Å²) >= 11 is 0. The van der Waals surface area contributed by atoms with Crippen LogP contribution in [-0.2, 0) is 4.79 Å². The Hall–Kier alpha value is -1.05. The van der Waals surface area contributed by atoms with Crippen molar-refractivity contribution in [3.63, 3.8) is 0 Å². The van der Waals surface area contributed by atoms with Gasteiger partial charge in [0.2, 0.25) is 5.78 Å². The molecule has 0 aromatic heterocycles. The van der Waals surface area contributed by atoms with Crippen LogP contribution in [0.2, 0.25) is 0 Å². The van der Waals surface area contributed by atoms with Crippen LogP contribution in [0.15, 0.2) is 23.5 Å². The molecule has 2 heteroatoms. The number of aliphatic hydroxyl groups is 1. The predicted octanol–water partition coefficient (Wildman–Crippen LogP) is 4.82. The largest absolute Gasteiger partial charge is 0.504 e. The molecule has 0 bridgehead atoms. The highest BCUT2D eigenvalue weighted by atomic mass is 16.3. The van der Waals surface area contributed by atoms with E-state index >= 15 is 0 Å². The number of aliphatic hydroxyl groups excluding tert-OH is 1. The molecule has 6 atom stereocenters. The highest BCUT2D eigenvalue weighted by Gasteiger charge is 2.57. The standard InChI is InChI=1S/C20H28O2/c1-12-8-16-14-5-4-13-9-17(21)18(22)11-20(13,3)15(14)6-7-19(16,2)10-12/h9,11-12,14-16,22H,4-8,10H2,1-3H3/t12?,14-,15+,16+,19-,20+/m1/s1. The molecule has 4 rings (SSSR count). The molecule has 0 aromatic carbocycles. The van der Waals surface area contributed by atoms with Crippen LogP contribution in [-0.4, -0.2) is 10.9 Å². The molecule has 0 spiro atoms. The number of fused-ring (bicyclic) bond motifs is 5. The quantitative estimate of drug-likeness (QED) is 0.696. The average Bonchev–Trinajstić information content (AvgIpc) is 2.75. The van der Waals surface area contributed by atoms with Gasteiger partial charge in [0.15, 0.2) is 5.76 Å². The fraction of sp³-hybridized carbons (Fsp3) is 0.750. The zero-order valence-corrected chi connectivity index (χ0v) is 14.1. The molecule has 4 aliphatic rings. The topological polar surface area (TPSA) is 37.3 Å². The van der Waals surface area contributed by atoms with Gasteiger partial charge in [-0.3, -0.25) is 4.79 Å². The summed E-state index contributed by atoms with van der Waals surface area (Å²) in [5, 5.41) is 10.0. The van der Waals surface area contributed by atoms with Gasteiger partial charge in [-0.25, -0.2) is 0 Å². The second-order valence-corrected chi connectivity index (χ2v) is 9.00. The molecule has 3 saturated carbocycles. The fourth-order valence-corrected chi connectivity index (χ4v) is 6.70. The second-order valence-electron chi connectivity index (χ2n) is 9.00. The minimum Gasteiger partial charge on any atom is -0.504 e. The highest BCUT2D eigenvalue weighted by Crippen LogP contribution is 2.65. The van der Waals surface area contributed by atoms with E-state index in [0.29, 0.717) is 11.3 Å². The van der Waals surface area contributed by atoms with Gasteiger partial charge in [-0.1, -0.05) is 26.3 Å². The molecule has 1 N–H and O–H groups in total. The Morgan fingerprint density at radius 1 is 1.23 bits per heavy atom. The van der Waals surface area contributed by atoms with Crippen molar-refractivity contribution >= 4 is 5.78 Å². The first-order valence-corrected chi connectivity index (χ1v) is 9.01. The molecule has 4 aliphatic carbocycles. The summed E-state index contributed by atoms with van der Waals surface area (Å²) in [7, 11) is 0. The fourth-order valence-electron chi connectivity index (χ4n) is 6.70. The first-order chi connectivity index (χ1) is 10.3. The molecule has 120 valence electrons. The Balaban J connectivity index is 1.72. The van der Waals surface area contributed by atoms with Gasteiger partial charge in [0.1, 0.15) is 0 Å². The lowest BCUT2D eigenvalue weighted by Gasteiger charge is -2.56. The molecule has 0 aliphatic heterocycles. The molecular formula is C20H28O2. The number of hydrogen-bond acceptors (Lipinski definition) is 2. The molecule has 0 heterocycles. The monoisotopic (exact) mass is 300 g/mol. The third kappa shape index (κ3) is 1.82. The van der Waals surface area contributed by atoms with Crippen molar-refractivity contribution in [2.45, 2.75) is 59.3 Å². The summed E-state index contributed by atoms with van der Waals surface area (Å²) in [5.41, 5.74) is 1.72. The van der Waals surface area contributed by atoms with Crippen molar-refractivity contribution in [1.82, 2.24) is 0 Å². The molecule has 0 aromatic rings. The second kappa shape index (κ2) is 4.49. The van der Waals surface area contributed by atoms with E-state index in [1.807, 2.05) is 6.08 Å². The zero-order valence-electron chi connectivity index (χ0n) is 14.1. The van der Waals surface area contributed by atoms with Gasteiger partial charge in [-0.15, -0.1) is 0 Å². The Bertz CT molecular complexity index is 587. The van der Waals surface area contributed by atoms with Gasteiger partial charge >= 0.3 is 0 Å². The van der Waals surface area contributed by atoms with E-state index < -0.39 is 0 Å². The number of carbonyl (C=O) groups is 1. The molecule has 1 unspecified atom stereocenters. The minimum atomic E-state index is -0.193. The number of rotatable bonds is 0. The number of allylic oxidation sites excluding steroid dienone is 3. The third-order valence-electron chi connectivity index (χ3n) is 7.63. The number of carbonyl (C=O) groups excluding carboxylic acids is 1. The van der Waals surface area contributed by atoms with Crippen molar-refractivity contribution < 1.29 is 9.90 Å². The van der Waals surface area contributed by atoms with E-state index in [1.165, 1.54) is 37.7 Å². The van der Waals surface area contributed by atoms with E-state index in [-0.39, 0.29) is 17.0 Å². The van der Waals surface area contributed by atoms with Crippen LogP contribution in [0.3, 0.4) is 0 Å². The van der Waals surface area contributed by atoms with Crippen LogP contribution in [0.1, 0.15) is 59.3 Å². The van der Waals surface area contributed by atoms with Crippen LogP contribution in [0, 0.1) is 34.5 Å². The summed E-state index contributed by atoms with van der Waals surface area (Å²) in [4.78, 5) is 11.8. The number of hydrogen-bond donors (Lipinski definition) is 1. The SMILES string of the molecule is CC1C[C@H]2[C@@H]3CCC4=CC(=O)C(O)=C[C@]4(C)[C@H]3CC[C@]2(C)C1. The lowest BCUT2D eigenvalue weighted by atomic mass is 9.48. The molecule has 0 saturated heterocycles. The summed E-state index contributed by atoms with van der Waals surface area (Å²) in [6, 6.07) is 0. The highest BCUT2D eigenvalue weighted by molar-refractivity contribution is 6.04. The van der Waals surface area contributed by atoms with Crippen molar-refractivity contribution in [2.75, 3.05) is 0 Å². The third-order valence-corrected chi connectivity index (χ3v) is 7.63. The van der Waals surface area contributed by atoms with Gasteiger partial charge in [0, 0.05) is 5.41 Å². The molecule has 0 amide bonds. The van der Waals surface area contributed by atoms with Gasteiger partial charge in [-0.05, 0) is 79.8 Å². The van der Waals surface area contributed by atoms with Crippen molar-refractivity contribution in [1.29, 1.82) is 0 Å². The first kappa shape index (κ1) is 14.5. The van der Waals surface area contributed by atoms with Gasteiger partial charge in [0.25, 0.3) is 0 Å². The Kier molecular flexibility index (Phi) is 2.97. The van der Waals surface area contributed by atoms with Crippen molar-refractivity contribution in [3.8, 4) is 0 Å². The van der Waals surface area contributed by atoms with Crippen molar-refractivity contribution in [3.05, 3.63) is 23.5 Å². The Morgan fingerprint density at radius 3 is 2.77 bits per heavy atom. The average molecular weight is 300 g/mol. The van der Waals surface area contributed by atoms with Gasteiger partial charge < -0.3 is 5.11 Å². The predicted molar refractivity (Wildman–Crippen MR) is 87.4 cm³/mol. The number of ketones is 1. The maximum absolute atomic E-state index is 11.8. The van der Waals surface area contributed by atoms with E-state index in [4.69, 9.17) is 0 Å². The summed E-state index contributed by atoms with van der Waals surface area (Å²) in [6.07, 6.45) is 11.2. The first-order valence-electron chi connectivity index (χ1n) is 9.01. The van der Waals surface area contributed by atoms with Gasteiger partial charge in [0.05, 0.1) is 0 Å². The minimum absolute atomic E-state index is 0.0278. The molecule has 0 radical (unpaired) electrons. The molecule has 3 fully saturated rings. The molecular weight excluding hydrogens is 272 g/mol. The van der Waals surface area contributed by atoms with E-state index in [1.54, 1.807) is 6.08 Å². The zero-order chi connectivity index (χ0) is 15.7. The smallest absolute Gasteiger partial charge is 0.219 e. The maximum atomic E-state index is 11.8. The summed E-state index contributed by atoms with van der Waals surface area (Å²) in [6.45, 7) is 7.20. The van der Waals surface area contributed by atoms with Crippen LogP contribution >= 0.6 is 0 Å². The van der Waals surface area contributed by atoms with E-state index in [9.17, 15) is 9.90 Å². The Labute approximate surface area is 133 Å². The van der Waals surface area contributed by atoms with Crippen LogP contribution in [0.4, 0.5) is 0 Å².